The molecule has 1 aliphatic rings. The van der Waals surface area contributed by atoms with Crippen molar-refractivity contribution in [3.8, 4) is 5.75 Å². The zero-order valence-electron chi connectivity index (χ0n) is 13.3. The molecule has 2 aromatic rings. The quantitative estimate of drug-likeness (QED) is 0.792. The summed E-state index contributed by atoms with van der Waals surface area (Å²) >= 11 is 0. The lowest BCUT2D eigenvalue weighted by molar-refractivity contribution is 0.0840. The minimum atomic E-state index is 0.0985. The molecule has 0 aliphatic heterocycles. The van der Waals surface area contributed by atoms with Crippen molar-refractivity contribution in [3.05, 3.63) is 30.0 Å². The SMILES string of the molecule is COc1cccc2c1c(C(=O)C1CCCC1(C)C)cn2C. The monoisotopic (exact) mass is 285 g/mol. The maximum atomic E-state index is 13.1. The Morgan fingerprint density at radius 2 is 2.14 bits per heavy atom. The van der Waals surface area contributed by atoms with Crippen molar-refractivity contribution in [1.82, 2.24) is 4.57 Å². The lowest BCUT2D eigenvalue weighted by Gasteiger charge is -2.25. The number of fused-ring (bicyclic) bond motifs is 1. The topological polar surface area (TPSA) is 31.2 Å². The number of aromatic nitrogens is 1. The van der Waals surface area contributed by atoms with Crippen LogP contribution in [-0.2, 0) is 7.05 Å². The predicted octanol–water partition coefficient (Wildman–Crippen LogP) is 4.20. The van der Waals surface area contributed by atoms with Crippen LogP contribution in [0.15, 0.2) is 24.4 Å². The van der Waals surface area contributed by atoms with E-state index in [1.54, 1.807) is 7.11 Å². The molecule has 0 bridgehead atoms. The fraction of sp³-hybridized carbons (Fsp3) is 0.500. The number of nitrogens with zero attached hydrogens (tertiary/aromatic N) is 1. The Bertz CT molecular complexity index is 697. The van der Waals surface area contributed by atoms with E-state index in [-0.39, 0.29) is 17.1 Å². The number of benzene rings is 1. The molecule has 0 amide bonds. The standard InChI is InChI=1S/C18H23NO2/c1-18(2)10-6-7-13(18)17(20)12-11-19(3)14-8-5-9-15(21-4)16(12)14/h5,8-9,11,13H,6-7,10H2,1-4H3. The number of aryl methyl sites for hydroxylation is 1. The third-order valence-corrected chi connectivity index (χ3v) is 5.04. The van der Waals surface area contributed by atoms with Crippen LogP contribution in [0.3, 0.4) is 0 Å². The van der Waals surface area contributed by atoms with Crippen molar-refractivity contribution < 1.29 is 9.53 Å². The highest BCUT2D eigenvalue weighted by Gasteiger charge is 2.40. The van der Waals surface area contributed by atoms with Crippen LogP contribution in [-0.4, -0.2) is 17.5 Å². The Kier molecular flexibility index (Phi) is 3.31. The van der Waals surface area contributed by atoms with E-state index < -0.39 is 0 Å². The number of Topliss-reactive ketones (excluding diaryl/α,β-unsaturated/α-hetero) is 1. The molecule has 21 heavy (non-hydrogen) atoms. The van der Waals surface area contributed by atoms with Crippen LogP contribution in [0.5, 0.6) is 5.75 Å². The molecular weight excluding hydrogens is 262 g/mol. The van der Waals surface area contributed by atoms with Gasteiger partial charge in [0.25, 0.3) is 0 Å². The minimum absolute atomic E-state index is 0.0985. The fourth-order valence-electron chi connectivity index (χ4n) is 3.77. The van der Waals surface area contributed by atoms with Crippen molar-refractivity contribution in [3.63, 3.8) is 0 Å². The highest BCUT2D eigenvalue weighted by atomic mass is 16.5. The molecule has 1 aromatic carbocycles. The molecule has 1 fully saturated rings. The predicted molar refractivity (Wildman–Crippen MR) is 84.9 cm³/mol. The largest absolute Gasteiger partial charge is 0.496 e. The molecule has 1 atom stereocenters. The molecule has 1 saturated carbocycles. The minimum Gasteiger partial charge on any atom is -0.496 e. The first-order valence-electron chi connectivity index (χ1n) is 7.62. The van der Waals surface area contributed by atoms with Crippen LogP contribution >= 0.6 is 0 Å². The van der Waals surface area contributed by atoms with Gasteiger partial charge in [-0.2, -0.15) is 0 Å². The van der Waals surface area contributed by atoms with Gasteiger partial charge in [-0.05, 0) is 30.4 Å². The van der Waals surface area contributed by atoms with Crippen LogP contribution in [0, 0.1) is 11.3 Å². The summed E-state index contributed by atoms with van der Waals surface area (Å²) in [5.41, 5.74) is 1.96. The van der Waals surface area contributed by atoms with Crippen molar-refractivity contribution >= 4 is 16.7 Å². The number of methoxy groups -OCH3 is 1. The Balaban J connectivity index is 2.14. The fourth-order valence-corrected chi connectivity index (χ4v) is 3.77. The Hall–Kier alpha value is -1.77. The summed E-state index contributed by atoms with van der Waals surface area (Å²) in [6.07, 6.45) is 5.23. The Labute approximate surface area is 125 Å². The maximum absolute atomic E-state index is 13.1. The van der Waals surface area contributed by atoms with E-state index in [0.717, 1.165) is 41.5 Å². The number of hydrogen-bond acceptors (Lipinski definition) is 2. The van der Waals surface area contributed by atoms with Gasteiger partial charge in [0.15, 0.2) is 5.78 Å². The summed E-state index contributed by atoms with van der Waals surface area (Å²) in [5.74, 6) is 1.17. The summed E-state index contributed by atoms with van der Waals surface area (Å²) in [4.78, 5) is 13.1. The molecule has 1 aliphatic carbocycles. The normalized spacial score (nSPS) is 20.9. The van der Waals surface area contributed by atoms with Gasteiger partial charge in [0.2, 0.25) is 0 Å². The molecule has 1 aromatic heterocycles. The van der Waals surface area contributed by atoms with Crippen LogP contribution in [0.25, 0.3) is 10.9 Å². The van der Waals surface area contributed by atoms with Crippen LogP contribution in [0.4, 0.5) is 0 Å². The highest BCUT2D eigenvalue weighted by molar-refractivity contribution is 6.11. The summed E-state index contributed by atoms with van der Waals surface area (Å²) in [6, 6.07) is 5.93. The van der Waals surface area contributed by atoms with Gasteiger partial charge in [0.05, 0.1) is 18.0 Å². The number of carbonyl (C=O) groups is 1. The Morgan fingerprint density at radius 3 is 2.76 bits per heavy atom. The van der Waals surface area contributed by atoms with Gasteiger partial charge in [-0.25, -0.2) is 0 Å². The van der Waals surface area contributed by atoms with E-state index in [1.165, 1.54) is 0 Å². The molecule has 1 heterocycles. The maximum Gasteiger partial charge on any atom is 0.168 e. The lowest BCUT2D eigenvalue weighted by Crippen LogP contribution is -2.25. The van der Waals surface area contributed by atoms with Gasteiger partial charge in [-0.1, -0.05) is 26.3 Å². The average Bonchev–Trinajstić information content (AvgIpc) is 2.98. The van der Waals surface area contributed by atoms with Crippen LogP contribution < -0.4 is 4.74 Å². The summed E-state index contributed by atoms with van der Waals surface area (Å²) in [5, 5.41) is 0.954. The van der Waals surface area contributed by atoms with Crippen LogP contribution in [0.1, 0.15) is 43.5 Å². The molecule has 0 saturated heterocycles. The van der Waals surface area contributed by atoms with Gasteiger partial charge in [-0.15, -0.1) is 0 Å². The summed E-state index contributed by atoms with van der Waals surface area (Å²) in [7, 11) is 3.65. The van der Waals surface area contributed by atoms with Gasteiger partial charge in [-0.3, -0.25) is 4.79 Å². The molecule has 0 spiro atoms. The van der Waals surface area contributed by atoms with Crippen molar-refractivity contribution in [2.45, 2.75) is 33.1 Å². The second kappa shape index (κ2) is 4.90. The van der Waals surface area contributed by atoms with Gasteiger partial charge in [0.1, 0.15) is 5.75 Å². The number of carbonyl (C=O) groups excluding carboxylic acids is 1. The number of ketones is 1. The first-order valence-corrected chi connectivity index (χ1v) is 7.62. The molecule has 112 valence electrons. The third kappa shape index (κ3) is 2.15. The van der Waals surface area contributed by atoms with Crippen molar-refractivity contribution in [1.29, 1.82) is 0 Å². The van der Waals surface area contributed by atoms with Crippen molar-refractivity contribution in [2.75, 3.05) is 7.11 Å². The van der Waals surface area contributed by atoms with Crippen LogP contribution in [0.2, 0.25) is 0 Å². The zero-order valence-corrected chi connectivity index (χ0v) is 13.3. The highest BCUT2D eigenvalue weighted by Crippen LogP contribution is 2.45. The number of rotatable bonds is 3. The van der Waals surface area contributed by atoms with Gasteiger partial charge < -0.3 is 9.30 Å². The second-order valence-electron chi connectivity index (χ2n) is 6.81. The number of hydrogen-bond donors (Lipinski definition) is 0. The molecular formula is C18H23NO2. The molecule has 0 radical (unpaired) electrons. The van der Waals surface area contributed by atoms with Gasteiger partial charge >= 0.3 is 0 Å². The number of ether oxygens (including phenoxy) is 1. The third-order valence-electron chi connectivity index (χ3n) is 5.04. The van der Waals surface area contributed by atoms with Gasteiger partial charge in [0, 0.05) is 24.7 Å². The smallest absolute Gasteiger partial charge is 0.168 e. The van der Waals surface area contributed by atoms with E-state index in [0.29, 0.717) is 0 Å². The summed E-state index contributed by atoms with van der Waals surface area (Å²) < 4.78 is 7.50. The molecule has 1 unspecified atom stereocenters. The van der Waals surface area contributed by atoms with E-state index in [4.69, 9.17) is 4.74 Å². The molecule has 0 N–H and O–H groups in total. The zero-order chi connectivity index (χ0) is 15.2. The van der Waals surface area contributed by atoms with E-state index >= 15 is 0 Å². The first-order chi connectivity index (χ1) is 9.95. The average molecular weight is 285 g/mol. The summed E-state index contributed by atoms with van der Waals surface area (Å²) in [6.45, 7) is 4.43. The van der Waals surface area contributed by atoms with Crippen molar-refractivity contribution in [2.24, 2.45) is 18.4 Å². The van der Waals surface area contributed by atoms with E-state index in [2.05, 4.69) is 13.8 Å². The van der Waals surface area contributed by atoms with E-state index in [9.17, 15) is 4.79 Å². The molecule has 3 heteroatoms. The second-order valence-corrected chi connectivity index (χ2v) is 6.81. The van der Waals surface area contributed by atoms with E-state index in [1.807, 2.05) is 36.0 Å². The molecule has 3 nitrogen and oxygen atoms in total. The lowest BCUT2D eigenvalue weighted by atomic mass is 9.77. The Morgan fingerprint density at radius 1 is 1.38 bits per heavy atom. The first kappa shape index (κ1) is 14.2. The molecule has 3 rings (SSSR count).